The van der Waals surface area contributed by atoms with Crippen molar-refractivity contribution in [1.29, 1.82) is 0 Å². The minimum Gasteiger partial charge on any atom is -0.363 e. The molecule has 1 aromatic carbocycles. The smallest absolute Gasteiger partial charge is 0.363 e. The van der Waals surface area contributed by atoms with Gasteiger partial charge in [0.05, 0.1) is 17.5 Å². The number of halogens is 4. The van der Waals surface area contributed by atoms with E-state index < -0.39 is 11.7 Å². The van der Waals surface area contributed by atoms with Crippen LogP contribution in [0, 0.1) is 0 Å². The third kappa shape index (κ3) is 5.43. The van der Waals surface area contributed by atoms with Crippen LogP contribution in [0.5, 0.6) is 0 Å². The van der Waals surface area contributed by atoms with Gasteiger partial charge in [0.2, 0.25) is 0 Å². The number of hydrogen-bond acceptors (Lipinski definition) is 4. The van der Waals surface area contributed by atoms with Crippen molar-refractivity contribution in [3.63, 3.8) is 0 Å². The minimum absolute atomic E-state index is 0.178. The van der Waals surface area contributed by atoms with Crippen LogP contribution in [0.25, 0.3) is 11.3 Å². The Balaban J connectivity index is 2.32. The number of hydrogen-bond donors (Lipinski definition) is 0. The second kappa shape index (κ2) is 8.39. The summed E-state index contributed by atoms with van der Waals surface area (Å²) in [5.41, 5.74) is 0.661. The summed E-state index contributed by atoms with van der Waals surface area (Å²) < 4.78 is 39.5. The lowest BCUT2D eigenvalue weighted by atomic mass is 10.1. The van der Waals surface area contributed by atoms with Crippen LogP contribution in [0.1, 0.15) is 11.1 Å². The van der Waals surface area contributed by atoms with Crippen LogP contribution in [-0.2, 0) is 11.0 Å². The first-order valence-electron chi connectivity index (χ1n) is 7.85. The Morgan fingerprint density at radius 1 is 1.19 bits per heavy atom. The summed E-state index contributed by atoms with van der Waals surface area (Å²) in [5.74, 6) is -0.317. The molecule has 27 heavy (non-hydrogen) atoms. The SMILES string of the molecule is CN(/N=C/c1ccc(-c2cc(C(F)(F)F)cc(N(C)C)n2)cc1)C(=O)CCl. The molecule has 9 heteroatoms. The van der Waals surface area contributed by atoms with Gasteiger partial charge >= 0.3 is 6.18 Å². The standard InChI is InChI=1S/C18H18ClF3N4O/c1-25(2)16-9-14(18(20,21)22)8-15(24-16)13-6-4-12(5-7-13)11-23-26(3)17(27)10-19/h4-9,11H,10H2,1-3H3/b23-11+. The van der Waals surface area contributed by atoms with Gasteiger partial charge in [-0.1, -0.05) is 24.3 Å². The van der Waals surface area contributed by atoms with Crippen LogP contribution in [0.4, 0.5) is 19.0 Å². The molecular weight excluding hydrogens is 381 g/mol. The van der Waals surface area contributed by atoms with E-state index in [-0.39, 0.29) is 23.3 Å². The molecule has 0 bridgehead atoms. The molecule has 0 aliphatic rings. The van der Waals surface area contributed by atoms with Gasteiger partial charge in [0.1, 0.15) is 11.7 Å². The molecule has 144 valence electrons. The number of rotatable bonds is 5. The van der Waals surface area contributed by atoms with Gasteiger partial charge in [-0.05, 0) is 17.7 Å². The van der Waals surface area contributed by atoms with Gasteiger partial charge in [-0.25, -0.2) is 9.99 Å². The van der Waals surface area contributed by atoms with Crippen molar-refractivity contribution in [1.82, 2.24) is 9.99 Å². The van der Waals surface area contributed by atoms with E-state index in [9.17, 15) is 18.0 Å². The molecule has 2 aromatic rings. The summed E-state index contributed by atoms with van der Waals surface area (Å²) in [7, 11) is 4.74. The summed E-state index contributed by atoms with van der Waals surface area (Å²) >= 11 is 5.44. The lowest BCUT2D eigenvalue weighted by Gasteiger charge is -2.16. The van der Waals surface area contributed by atoms with Gasteiger partial charge in [0.25, 0.3) is 5.91 Å². The molecule has 0 aliphatic heterocycles. The van der Waals surface area contributed by atoms with Crippen molar-refractivity contribution in [2.24, 2.45) is 5.10 Å². The second-order valence-corrected chi connectivity index (χ2v) is 6.18. The molecule has 0 unspecified atom stereocenters. The Labute approximate surface area is 160 Å². The number of amides is 1. The topological polar surface area (TPSA) is 48.8 Å². The minimum atomic E-state index is -4.46. The zero-order valence-corrected chi connectivity index (χ0v) is 15.7. The number of alkyl halides is 4. The van der Waals surface area contributed by atoms with E-state index in [4.69, 9.17) is 11.6 Å². The van der Waals surface area contributed by atoms with Crippen LogP contribution in [-0.4, -0.2) is 49.1 Å². The first kappa shape index (κ1) is 20.7. The van der Waals surface area contributed by atoms with Gasteiger partial charge in [-0.15, -0.1) is 11.6 Å². The summed E-state index contributed by atoms with van der Waals surface area (Å²) in [6.45, 7) is 0. The maximum Gasteiger partial charge on any atom is 0.416 e. The van der Waals surface area contributed by atoms with Crippen LogP contribution in [0.3, 0.4) is 0 Å². The molecule has 5 nitrogen and oxygen atoms in total. The molecule has 0 saturated heterocycles. The maximum absolute atomic E-state index is 13.2. The fourth-order valence-electron chi connectivity index (χ4n) is 2.10. The average Bonchev–Trinajstić information content (AvgIpc) is 2.64. The lowest BCUT2D eigenvalue weighted by Crippen LogP contribution is -2.22. The van der Waals surface area contributed by atoms with E-state index >= 15 is 0 Å². The number of carbonyl (C=O) groups is 1. The molecular formula is C18H18ClF3N4O. The highest BCUT2D eigenvalue weighted by Gasteiger charge is 2.32. The number of hydrazone groups is 1. The van der Waals surface area contributed by atoms with Gasteiger partial charge in [0.15, 0.2) is 0 Å². The average molecular weight is 399 g/mol. The first-order valence-corrected chi connectivity index (χ1v) is 8.39. The Morgan fingerprint density at radius 3 is 2.33 bits per heavy atom. The van der Waals surface area contributed by atoms with Crippen molar-refractivity contribution in [3.8, 4) is 11.3 Å². The Kier molecular flexibility index (Phi) is 6.43. The van der Waals surface area contributed by atoms with Crippen LogP contribution in [0.15, 0.2) is 41.5 Å². The summed E-state index contributed by atoms with van der Waals surface area (Å²) in [4.78, 5) is 17.1. The predicted octanol–water partition coefficient (Wildman–Crippen LogP) is 3.86. The molecule has 1 aromatic heterocycles. The number of pyridine rings is 1. The van der Waals surface area contributed by atoms with E-state index in [1.165, 1.54) is 18.2 Å². The first-order chi connectivity index (χ1) is 12.6. The fraction of sp³-hybridized carbons (Fsp3) is 0.278. The number of benzene rings is 1. The summed E-state index contributed by atoms with van der Waals surface area (Å²) in [5, 5.41) is 5.06. The molecule has 0 fully saturated rings. The molecule has 0 aliphatic carbocycles. The highest BCUT2D eigenvalue weighted by atomic mass is 35.5. The van der Waals surface area contributed by atoms with Crippen LogP contribution in [0.2, 0.25) is 0 Å². The molecule has 1 heterocycles. The van der Waals surface area contributed by atoms with Gasteiger partial charge < -0.3 is 4.90 Å². The molecule has 0 spiro atoms. The Hall–Kier alpha value is -2.61. The third-order valence-corrected chi connectivity index (χ3v) is 3.89. The van der Waals surface area contributed by atoms with E-state index in [1.807, 2.05) is 0 Å². The molecule has 1 amide bonds. The number of anilines is 1. The number of aromatic nitrogens is 1. The van der Waals surface area contributed by atoms with Gasteiger partial charge in [-0.2, -0.15) is 18.3 Å². The normalized spacial score (nSPS) is 11.7. The zero-order chi connectivity index (χ0) is 20.2. The molecule has 0 saturated carbocycles. The predicted molar refractivity (Wildman–Crippen MR) is 100 cm³/mol. The van der Waals surface area contributed by atoms with Crippen molar-refractivity contribution < 1.29 is 18.0 Å². The van der Waals surface area contributed by atoms with Crippen molar-refractivity contribution in [3.05, 3.63) is 47.5 Å². The van der Waals surface area contributed by atoms with E-state index in [0.717, 1.165) is 17.1 Å². The quantitative estimate of drug-likeness (QED) is 0.436. The molecule has 2 rings (SSSR count). The van der Waals surface area contributed by atoms with E-state index in [2.05, 4.69) is 10.1 Å². The highest BCUT2D eigenvalue weighted by Crippen LogP contribution is 2.33. The largest absolute Gasteiger partial charge is 0.416 e. The summed E-state index contributed by atoms with van der Waals surface area (Å²) in [6.07, 6.45) is -3.01. The van der Waals surface area contributed by atoms with Crippen molar-refractivity contribution in [2.45, 2.75) is 6.18 Å². The lowest BCUT2D eigenvalue weighted by molar-refractivity contribution is -0.137. The zero-order valence-electron chi connectivity index (χ0n) is 15.0. The van der Waals surface area contributed by atoms with E-state index in [1.54, 1.807) is 38.4 Å². The second-order valence-electron chi connectivity index (χ2n) is 5.91. The monoisotopic (exact) mass is 398 g/mol. The Bertz CT molecular complexity index is 835. The number of nitrogens with zero attached hydrogens (tertiary/aromatic N) is 4. The van der Waals surface area contributed by atoms with Crippen LogP contribution >= 0.6 is 11.6 Å². The Morgan fingerprint density at radius 2 is 1.81 bits per heavy atom. The fourth-order valence-corrected chi connectivity index (χ4v) is 2.27. The van der Waals surface area contributed by atoms with E-state index in [0.29, 0.717) is 11.1 Å². The molecule has 0 radical (unpaired) electrons. The van der Waals surface area contributed by atoms with Crippen LogP contribution < -0.4 is 4.90 Å². The van der Waals surface area contributed by atoms with Gasteiger partial charge in [-0.3, -0.25) is 4.79 Å². The van der Waals surface area contributed by atoms with Crippen molar-refractivity contribution in [2.75, 3.05) is 31.9 Å². The van der Waals surface area contributed by atoms with Gasteiger partial charge in [0, 0.05) is 26.7 Å². The van der Waals surface area contributed by atoms with Crippen molar-refractivity contribution >= 4 is 29.5 Å². The summed E-state index contributed by atoms with van der Waals surface area (Å²) in [6, 6.07) is 8.67. The highest BCUT2D eigenvalue weighted by molar-refractivity contribution is 6.27. The number of carbonyl (C=O) groups excluding carboxylic acids is 1. The maximum atomic E-state index is 13.2. The molecule has 0 atom stereocenters. The molecule has 0 N–H and O–H groups in total. The third-order valence-electron chi connectivity index (χ3n) is 3.66.